The van der Waals surface area contributed by atoms with Crippen LogP contribution in [0.3, 0.4) is 0 Å². The first-order valence-electron chi connectivity index (χ1n) is 11.3. The quantitative estimate of drug-likeness (QED) is 0.511. The second-order valence-corrected chi connectivity index (χ2v) is 7.67. The van der Waals surface area contributed by atoms with Crippen LogP contribution in [0.1, 0.15) is 69.6 Å². The highest BCUT2D eigenvalue weighted by Crippen LogP contribution is 2.23. The van der Waals surface area contributed by atoms with Crippen molar-refractivity contribution in [1.29, 1.82) is 0 Å². The lowest BCUT2D eigenvalue weighted by atomic mass is 10.0. The van der Waals surface area contributed by atoms with E-state index in [0.29, 0.717) is 5.92 Å². The number of carbonyl (C=O) groups is 1. The minimum Gasteiger partial charge on any atom is -0.375 e. The molecular weight excluding hydrogens is 370 g/mol. The minimum atomic E-state index is 0.417. The van der Waals surface area contributed by atoms with E-state index in [9.17, 15) is 4.79 Å². The first-order chi connectivity index (χ1) is 14.5. The van der Waals surface area contributed by atoms with E-state index in [2.05, 4.69) is 92.9 Å². The summed E-state index contributed by atoms with van der Waals surface area (Å²) in [6.07, 6.45) is 15.6. The normalized spacial score (nSPS) is 15.0. The van der Waals surface area contributed by atoms with E-state index >= 15 is 0 Å². The van der Waals surface area contributed by atoms with Gasteiger partial charge in [0.25, 0.3) is 0 Å². The Morgan fingerprint density at radius 2 is 1.93 bits per heavy atom. The molecule has 0 unspecified atom stereocenters. The van der Waals surface area contributed by atoms with Gasteiger partial charge in [0.05, 0.1) is 5.82 Å². The molecule has 0 radical (unpaired) electrons. The molecule has 1 fully saturated rings. The summed E-state index contributed by atoms with van der Waals surface area (Å²) in [7, 11) is 4.03. The molecule has 0 heterocycles. The summed E-state index contributed by atoms with van der Waals surface area (Å²) >= 11 is 0. The number of rotatable bonds is 9. The summed E-state index contributed by atoms with van der Waals surface area (Å²) in [5.41, 5.74) is 4.92. The zero-order valence-electron chi connectivity index (χ0n) is 19.8. The average Bonchev–Trinajstić information content (AvgIpc) is 3.29. The maximum atomic E-state index is 10.0. The van der Waals surface area contributed by atoms with Crippen molar-refractivity contribution in [3.05, 3.63) is 59.1 Å². The van der Waals surface area contributed by atoms with E-state index in [0.717, 1.165) is 37.9 Å². The van der Waals surface area contributed by atoms with Gasteiger partial charge in [-0.2, -0.15) is 0 Å². The highest BCUT2D eigenvalue weighted by atomic mass is 16.1. The first-order valence-corrected chi connectivity index (χ1v) is 11.3. The number of hydrogen-bond donors (Lipinski definition) is 2. The first kappa shape index (κ1) is 25.5. The van der Waals surface area contributed by atoms with Gasteiger partial charge in [-0.25, -0.2) is 0 Å². The van der Waals surface area contributed by atoms with Crippen molar-refractivity contribution in [2.45, 2.75) is 59.8 Å². The highest BCUT2D eigenvalue weighted by molar-refractivity contribution is 5.69. The van der Waals surface area contributed by atoms with E-state index in [-0.39, 0.29) is 0 Å². The molecule has 1 aromatic carbocycles. The Morgan fingerprint density at radius 3 is 2.43 bits per heavy atom. The molecule has 2 rings (SSSR count). The van der Waals surface area contributed by atoms with Crippen LogP contribution in [-0.4, -0.2) is 31.8 Å². The predicted octanol–water partition coefficient (Wildman–Crippen LogP) is 5.71. The van der Waals surface area contributed by atoms with Crippen LogP contribution in [0.15, 0.2) is 42.4 Å². The second-order valence-electron chi connectivity index (χ2n) is 7.67. The smallest absolute Gasteiger partial charge is 0.123 e. The Hall–Kier alpha value is -2.49. The number of nitrogens with one attached hydrogen (secondary N) is 2. The van der Waals surface area contributed by atoms with Crippen molar-refractivity contribution in [3.63, 3.8) is 0 Å². The maximum absolute atomic E-state index is 10.0. The second kappa shape index (κ2) is 14.5. The average molecular weight is 412 g/mol. The molecule has 4 nitrogen and oxygen atoms in total. The number of carbonyl (C=O) groups excluding carboxylic acids is 1. The van der Waals surface area contributed by atoms with Crippen molar-refractivity contribution >= 4 is 18.1 Å². The van der Waals surface area contributed by atoms with Crippen LogP contribution >= 0.6 is 0 Å². The summed E-state index contributed by atoms with van der Waals surface area (Å²) in [4.78, 5) is 12.2. The molecule has 2 N–H and O–H groups in total. The third-order valence-corrected chi connectivity index (χ3v) is 5.32. The molecule has 0 aliphatic heterocycles. The summed E-state index contributed by atoms with van der Waals surface area (Å²) in [6, 6.07) is 6.61. The maximum Gasteiger partial charge on any atom is 0.123 e. The molecule has 0 atom stereocenters. The summed E-state index contributed by atoms with van der Waals surface area (Å²) in [5.74, 6) is 1.45. The Kier molecular flexibility index (Phi) is 12.3. The van der Waals surface area contributed by atoms with Crippen molar-refractivity contribution < 1.29 is 4.79 Å². The SMILES string of the molecule is C/C=C(/c1ccc(C)c(/C=C(/NC)NCC)c1)N(C)/C=C/CC.O=CC1CCCC1. The minimum absolute atomic E-state index is 0.417. The highest BCUT2D eigenvalue weighted by Gasteiger charge is 2.12. The number of benzene rings is 1. The van der Waals surface area contributed by atoms with E-state index < -0.39 is 0 Å². The standard InChI is InChI=1S/C20H31N3.C6H10O/c1-7-10-13-23(6)19(8-2)17-12-11-16(4)18(14-17)15-20(21-5)22-9-3;7-5-6-3-1-2-4-6/h8,10-15,21-22H,7,9H2,1-6H3;5-6H,1-4H2/b13-10+,19-8-,20-15-;. The zero-order valence-corrected chi connectivity index (χ0v) is 19.8. The number of allylic oxidation sites excluding steroid dienone is 2. The van der Waals surface area contributed by atoms with Gasteiger partial charge < -0.3 is 20.3 Å². The summed E-state index contributed by atoms with van der Waals surface area (Å²) in [5, 5.41) is 6.54. The Balaban J connectivity index is 0.000000539. The molecule has 0 saturated heterocycles. The van der Waals surface area contributed by atoms with Gasteiger partial charge in [-0.05, 0) is 75.1 Å². The Labute approximate surface area is 184 Å². The molecule has 0 aromatic heterocycles. The predicted molar refractivity (Wildman–Crippen MR) is 131 cm³/mol. The number of aldehydes is 1. The van der Waals surface area contributed by atoms with Crippen LogP contribution < -0.4 is 10.6 Å². The summed E-state index contributed by atoms with van der Waals surface area (Å²) in [6.45, 7) is 9.37. The molecule has 30 heavy (non-hydrogen) atoms. The van der Waals surface area contributed by atoms with E-state index in [1.807, 2.05) is 7.05 Å². The van der Waals surface area contributed by atoms with Gasteiger partial charge in [0.15, 0.2) is 0 Å². The van der Waals surface area contributed by atoms with Crippen LogP contribution in [0.4, 0.5) is 0 Å². The molecule has 1 aliphatic carbocycles. The van der Waals surface area contributed by atoms with E-state index in [1.165, 1.54) is 35.2 Å². The molecular formula is C26H41N3O. The molecule has 0 amide bonds. The monoisotopic (exact) mass is 411 g/mol. The molecule has 1 saturated carbocycles. The van der Waals surface area contributed by atoms with Crippen molar-refractivity contribution in [2.24, 2.45) is 5.92 Å². The van der Waals surface area contributed by atoms with Gasteiger partial charge in [0.2, 0.25) is 0 Å². The van der Waals surface area contributed by atoms with Gasteiger partial charge in [0.1, 0.15) is 6.29 Å². The Bertz CT molecular complexity index is 728. The van der Waals surface area contributed by atoms with Crippen LogP contribution in [0.2, 0.25) is 0 Å². The van der Waals surface area contributed by atoms with Crippen molar-refractivity contribution in [1.82, 2.24) is 15.5 Å². The van der Waals surface area contributed by atoms with Gasteiger partial charge in [-0.1, -0.05) is 44.1 Å². The molecule has 1 aromatic rings. The molecule has 0 bridgehead atoms. The molecule has 0 spiro atoms. The lowest BCUT2D eigenvalue weighted by molar-refractivity contribution is -0.110. The Morgan fingerprint density at radius 1 is 1.23 bits per heavy atom. The lowest BCUT2D eigenvalue weighted by Crippen LogP contribution is -2.22. The fourth-order valence-electron chi connectivity index (χ4n) is 3.52. The van der Waals surface area contributed by atoms with Crippen molar-refractivity contribution in [3.8, 4) is 0 Å². The van der Waals surface area contributed by atoms with Gasteiger partial charge in [0, 0.05) is 32.3 Å². The molecule has 166 valence electrons. The fraction of sp³-hybridized carbons (Fsp3) is 0.500. The fourth-order valence-corrected chi connectivity index (χ4v) is 3.52. The van der Waals surface area contributed by atoms with Gasteiger partial charge in [-0.15, -0.1) is 0 Å². The molecule has 1 aliphatic rings. The molecule has 4 heteroatoms. The topological polar surface area (TPSA) is 44.4 Å². The number of aryl methyl sites for hydroxylation is 1. The van der Waals surface area contributed by atoms with Crippen LogP contribution in [-0.2, 0) is 4.79 Å². The summed E-state index contributed by atoms with van der Waals surface area (Å²) < 4.78 is 0. The lowest BCUT2D eigenvalue weighted by Gasteiger charge is -2.20. The zero-order chi connectivity index (χ0) is 22.4. The van der Waals surface area contributed by atoms with E-state index in [1.54, 1.807) is 0 Å². The third kappa shape index (κ3) is 8.48. The van der Waals surface area contributed by atoms with Crippen LogP contribution in [0.5, 0.6) is 0 Å². The van der Waals surface area contributed by atoms with E-state index in [4.69, 9.17) is 0 Å². The van der Waals surface area contributed by atoms with Crippen molar-refractivity contribution in [2.75, 3.05) is 20.6 Å². The van der Waals surface area contributed by atoms with Gasteiger partial charge in [-0.3, -0.25) is 0 Å². The van der Waals surface area contributed by atoms with Crippen LogP contribution in [0, 0.1) is 12.8 Å². The third-order valence-electron chi connectivity index (χ3n) is 5.32. The largest absolute Gasteiger partial charge is 0.375 e. The number of hydrogen-bond acceptors (Lipinski definition) is 4. The van der Waals surface area contributed by atoms with Gasteiger partial charge >= 0.3 is 0 Å². The van der Waals surface area contributed by atoms with Crippen LogP contribution in [0.25, 0.3) is 11.8 Å². The number of nitrogens with zero attached hydrogens (tertiary/aromatic N) is 1.